The summed E-state index contributed by atoms with van der Waals surface area (Å²) in [5.41, 5.74) is 4.13. The molecule has 1 aliphatic rings. The highest BCUT2D eigenvalue weighted by atomic mass is 16.5. The lowest BCUT2D eigenvalue weighted by atomic mass is 10.0. The summed E-state index contributed by atoms with van der Waals surface area (Å²) in [5.74, 6) is 0.217. The summed E-state index contributed by atoms with van der Waals surface area (Å²) in [6, 6.07) is 21.9. The molecular formula is C30H33N5O4. The van der Waals surface area contributed by atoms with Crippen molar-refractivity contribution in [3.8, 4) is 5.75 Å². The van der Waals surface area contributed by atoms with Crippen LogP contribution in [0.4, 0.5) is 0 Å². The number of methoxy groups -OCH3 is 1. The average Bonchev–Trinajstić information content (AvgIpc) is 3.63. The zero-order chi connectivity index (χ0) is 27.2. The topological polar surface area (TPSA) is 98.6 Å². The SMILES string of the molecule is COc1ccc(CN(C(=O)Cn2nnc3ccccc32)[C@H](C(=O)NC[C@H]2CCCO2)c2ccc(C)cc2)cc1. The minimum absolute atomic E-state index is 0.0140. The second-order valence-electron chi connectivity index (χ2n) is 9.80. The fraction of sp³-hybridized carbons (Fsp3) is 0.333. The molecule has 0 unspecified atom stereocenters. The van der Waals surface area contributed by atoms with Gasteiger partial charge in [-0.15, -0.1) is 5.10 Å². The van der Waals surface area contributed by atoms with Crippen molar-refractivity contribution in [2.75, 3.05) is 20.3 Å². The van der Waals surface area contributed by atoms with E-state index in [2.05, 4.69) is 15.6 Å². The summed E-state index contributed by atoms with van der Waals surface area (Å²) in [6.07, 6.45) is 1.87. The van der Waals surface area contributed by atoms with E-state index in [1.165, 1.54) is 0 Å². The van der Waals surface area contributed by atoms with Crippen LogP contribution in [0, 0.1) is 6.92 Å². The van der Waals surface area contributed by atoms with Gasteiger partial charge in [-0.05, 0) is 55.2 Å². The van der Waals surface area contributed by atoms with Crippen LogP contribution in [0.25, 0.3) is 11.0 Å². The van der Waals surface area contributed by atoms with Crippen LogP contribution in [0.3, 0.4) is 0 Å². The second-order valence-corrected chi connectivity index (χ2v) is 9.80. The van der Waals surface area contributed by atoms with Crippen molar-refractivity contribution in [1.82, 2.24) is 25.2 Å². The normalized spacial score (nSPS) is 15.7. The van der Waals surface area contributed by atoms with Gasteiger partial charge in [-0.1, -0.05) is 59.3 Å². The van der Waals surface area contributed by atoms with Crippen molar-refractivity contribution >= 4 is 22.8 Å². The molecular weight excluding hydrogens is 494 g/mol. The van der Waals surface area contributed by atoms with Crippen LogP contribution in [0.1, 0.15) is 35.6 Å². The second kappa shape index (κ2) is 12.1. The van der Waals surface area contributed by atoms with Crippen LogP contribution in [0.2, 0.25) is 0 Å². The van der Waals surface area contributed by atoms with Crippen LogP contribution in [-0.4, -0.2) is 58.1 Å². The Morgan fingerprint density at radius 2 is 1.87 bits per heavy atom. The van der Waals surface area contributed by atoms with E-state index in [-0.39, 0.29) is 31.0 Å². The van der Waals surface area contributed by atoms with Gasteiger partial charge in [0.25, 0.3) is 0 Å². The van der Waals surface area contributed by atoms with E-state index in [1.54, 1.807) is 16.7 Å². The molecule has 0 bridgehead atoms. The number of aromatic nitrogens is 3. The Hall–Kier alpha value is -4.24. The minimum Gasteiger partial charge on any atom is -0.497 e. The standard InChI is InChI=1S/C30H33N5O4/c1-21-9-13-23(14-10-21)29(30(37)31-18-25-6-5-17-39-25)34(19-22-11-15-24(38-2)16-12-22)28(36)20-35-27-8-4-3-7-26(27)32-33-35/h3-4,7-16,25,29H,5-6,17-20H2,1-2H3,(H,31,37)/t25-,29+/m1/s1. The van der Waals surface area contributed by atoms with Crippen LogP contribution >= 0.6 is 0 Å². The van der Waals surface area contributed by atoms with Gasteiger partial charge >= 0.3 is 0 Å². The number of hydrogen-bond donors (Lipinski definition) is 1. The molecule has 202 valence electrons. The minimum atomic E-state index is -0.851. The zero-order valence-corrected chi connectivity index (χ0v) is 22.2. The van der Waals surface area contributed by atoms with Gasteiger partial charge in [0.1, 0.15) is 23.9 Å². The third kappa shape index (κ3) is 6.26. The highest BCUT2D eigenvalue weighted by molar-refractivity contribution is 5.89. The molecule has 1 aliphatic heterocycles. The van der Waals surface area contributed by atoms with Gasteiger partial charge in [0.05, 0.1) is 18.7 Å². The molecule has 1 saturated heterocycles. The van der Waals surface area contributed by atoms with Gasteiger partial charge in [0, 0.05) is 19.7 Å². The van der Waals surface area contributed by atoms with Crippen molar-refractivity contribution in [2.24, 2.45) is 0 Å². The third-order valence-electron chi connectivity index (χ3n) is 7.02. The van der Waals surface area contributed by atoms with E-state index >= 15 is 0 Å². The Kier molecular flexibility index (Phi) is 8.17. The molecule has 2 amide bonds. The Morgan fingerprint density at radius 1 is 1.10 bits per heavy atom. The van der Waals surface area contributed by atoms with E-state index in [9.17, 15) is 9.59 Å². The molecule has 5 rings (SSSR count). The largest absolute Gasteiger partial charge is 0.497 e. The number of aryl methyl sites for hydroxylation is 1. The average molecular weight is 528 g/mol. The molecule has 0 spiro atoms. The van der Waals surface area contributed by atoms with Crippen molar-refractivity contribution in [3.63, 3.8) is 0 Å². The Labute approximate surface area is 227 Å². The first-order valence-electron chi connectivity index (χ1n) is 13.2. The number of para-hydroxylation sites is 1. The molecule has 1 fully saturated rings. The molecule has 0 aliphatic carbocycles. The summed E-state index contributed by atoms with van der Waals surface area (Å²) < 4.78 is 12.6. The van der Waals surface area contributed by atoms with Gasteiger partial charge < -0.3 is 19.7 Å². The number of amides is 2. The first-order chi connectivity index (χ1) is 19.0. The first-order valence-corrected chi connectivity index (χ1v) is 13.2. The van der Waals surface area contributed by atoms with Crippen LogP contribution in [0.5, 0.6) is 5.75 Å². The van der Waals surface area contributed by atoms with E-state index in [1.807, 2.05) is 79.7 Å². The highest BCUT2D eigenvalue weighted by Gasteiger charge is 2.32. The number of benzene rings is 3. The lowest BCUT2D eigenvalue weighted by Crippen LogP contribution is -2.46. The van der Waals surface area contributed by atoms with Gasteiger partial charge in [0.2, 0.25) is 11.8 Å². The summed E-state index contributed by atoms with van der Waals surface area (Å²) in [4.78, 5) is 29.5. The van der Waals surface area contributed by atoms with E-state index in [4.69, 9.17) is 9.47 Å². The molecule has 0 saturated carbocycles. The lowest BCUT2D eigenvalue weighted by molar-refractivity contribution is -0.142. The van der Waals surface area contributed by atoms with Gasteiger partial charge in [-0.3, -0.25) is 9.59 Å². The number of hydrogen-bond acceptors (Lipinski definition) is 6. The number of nitrogens with one attached hydrogen (secondary N) is 1. The quantitative estimate of drug-likeness (QED) is 0.337. The molecule has 2 heterocycles. The Balaban J connectivity index is 1.49. The number of carbonyl (C=O) groups is 2. The van der Waals surface area contributed by atoms with Gasteiger partial charge in [-0.25, -0.2) is 4.68 Å². The maximum Gasteiger partial charge on any atom is 0.247 e. The van der Waals surface area contributed by atoms with E-state index < -0.39 is 6.04 Å². The highest BCUT2D eigenvalue weighted by Crippen LogP contribution is 2.26. The number of ether oxygens (including phenoxy) is 2. The Bertz CT molecular complexity index is 1410. The number of rotatable bonds is 10. The van der Waals surface area contributed by atoms with Crippen molar-refractivity contribution in [2.45, 2.75) is 45.0 Å². The number of nitrogens with zero attached hydrogens (tertiary/aromatic N) is 4. The van der Waals surface area contributed by atoms with Crippen molar-refractivity contribution in [1.29, 1.82) is 0 Å². The van der Waals surface area contributed by atoms with Crippen molar-refractivity contribution < 1.29 is 19.1 Å². The molecule has 4 aromatic rings. The molecule has 9 heteroatoms. The zero-order valence-electron chi connectivity index (χ0n) is 22.2. The molecule has 2 atom stereocenters. The summed E-state index contributed by atoms with van der Waals surface area (Å²) >= 11 is 0. The van der Waals surface area contributed by atoms with E-state index in [0.29, 0.717) is 18.7 Å². The maximum absolute atomic E-state index is 14.0. The monoisotopic (exact) mass is 527 g/mol. The van der Waals surface area contributed by atoms with Crippen LogP contribution < -0.4 is 10.1 Å². The lowest BCUT2D eigenvalue weighted by Gasteiger charge is -2.32. The molecule has 39 heavy (non-hydrogen) atoms. The first kappa shape index (κ1) is 26.4. The van der Waals surface area contributed by atoms with Gasteiger partial charge in [-0.2, -0.15) is 0 Å². The third-order valence-corrected chi connectivity index (χ3v) is 7.02. The maximum atomic E-state index is 14.0. The summed E-state index contributed by atoms with van der Waals surface area (Å²) in [5, 5.41) is 11.5. The summed E-state index contributed by atoms with van der Waals surface area (Å²) in [6.45, 7) is 3.27. The molecule has 9 nitrogen and oxygen atoms in total. The molecule has 0 radical (unpaired) electrons. The fourth-order valence-electron chi connectivity index (χ4n) is 4.84. The molecule has 1 N–H and O–H groups in total. The van der Waals surface area contributed by atoms with Crippen LogP contribution in [-0.2, 0) is 27.4 Å². The number of carbonyl (C=O) groups excluding carboxylic acids is 2. The predicted octanol–water partition coefficient (Wildman–Crippen LogP) is 3.81. The predicted molar refractivity (Wildman–Crippen MR) is 147 cm³/mol. The molecule has 1 aromatic heterocycles. The van der Waals surface area contributed by atoms with Crippen molar-refractivity contribution in [3.05, 3.63) is 89.5 Å². The molecule has 3 aromatic carbocycles. The fourth-order valence-corrected chi connectivity index (χ4v) is 4.84. The van der Waals surface area contributed by atoms with Gasteiger partial charge in [0.15, 0.2) is 0 Å². The Morgan fingerprint density at radius 3 is 2.59 bits per heavy atom. The van der Waals surface area contributed by atoms with Crippen LogP contribution in [0.15, 0.2) is 72.8 Å². The smallest absolute Gasteiger partial charge is 0.247 e. The van der Waals surface area contributed by atoms with E-state index in [0.717, 1.165) is 40.8 Å². The number of fused-ring (bicyclic) bond motifs is 1. The summed E-state index contributed by atoms with van der Waals surface area (Å²) in [7, 11) is 1.61.